The summed E-state index contributed by atoms with van der Waals surface area (Å²) in [6.07, 6.45) is 5.93. The normalized spacial score (nSPS) is 26.7. The van der Waals surface area contributed by atoms with E-state index in [0.717, 1.165) is 0 Å². The van der Waals surface area contributed by atoms with Crippen molar-refractivity contribution in [1.82, 2.24) is 14.5 Å². The fraction of sp³-hybridized carbons (Fsp3) is 0.333. The van der Waals surface area contributed by atoms with Gasteiger partial charge >= 0.3 is 0 Å². The Morgan fingerprint density at radius 2 is 2.37 bits per heavy atom. The smallest absolute Gasteiger partial charge is 0.154 e. The Labute approximate surface area is 108 Å². The first-order valence-corrected chi connectivity index (χ1v) is 5.68. The van der Waals surface area contributed by atoms with Crippen molar-refractivity contribution in [3.05, 3.63) is 18.3 Å². The molecule has 19 heavy (non-hydrogen) atoms. The van der Waals surface area contributed by atoms with Gasteiger partial charge in [0.15, 0.2) is 11.5 Å². The summed E-state index contributed by atoms with van der Waals surface area (Å²) < 4.78 is 20.8. The summed E-state index contributed by atoms with van der Waals surface area (Å²) >= 11 is 0. The number of aliphatic hydroxyl groups excluding tert-OH is 1. The van der Waals surface area contributed by atoms with Crippen molar-refractivity contribution in [2.24, 2.45) is 0 Å². The van der Waals surface area contributed by atoms with E-state index in [1.807, 2.05) is 0 Å². The lowest BCUT2D eigenvalue weighted by atomic mass is 10.2. The summed E-state index contributed by atoms with van der Waals surface area (Å²) in [7, 11) is 0. The number of aliphatic hydroxyl groups is 1. The van der Waals surface area contributed by atoms with E-state index in [0.29, 0.717) is 5.65 Å². The van der Waals surface area contributed by atoms with Crippen LogP contribution in [0.2, 0.25) is 0 Å². The molecule has 6 nitrogen and oxygen atoms in total. The van der Waals surface area contributed by atoms with Gasteiger partial charge in [-0.3, -0.25) is 0 Å². The predicted molar refractivity (Wildman–Crippen MR) is 65.3 cm³/mol. The first kappa shape index (κ1) is 11.9. The third-order valence-electron chi connectivity index (χ3n) is 3.16. The molecule has 3 atom stereocenters. The van der Waals surface area contributed by atoms with E-state index in [9.17, 15) is 9.50 Å². The molecule has 0 radical (unpaired) electrons. The molecule has 0 amide bonds. The van der Waals surface area contributed by atoms with Crippen LogP contribution in [0.25, 0.3) is 11.0 Å². The van der Waals surface area contributed by atoms with Gasteiger partial charge in [-0.05, 0) is 0 Å². The molecular weight excluding hydrogens is 251 g/mol. The molecule has 3 rings (SSSR count). The Bertz CT molecular complexity index is 678. The molecule has 0 aromatic carbocycles. The Kier molecular flexibility index (Phi) is 2.62. The molecule has 1 aliphatic heterocycles. The number of fused-ring (bicyclic) bond motifs is 1. The number of nitrogen functional groups attached to an aromatic ring is 1. The van der Waals surface area contributed by atoms with E-state index in [2.05, 4.69) is 15.9 Å². The van der Waals surface area contributed by atoms with Crippen LogP contribution in [0.5, 0.6) is 0 Å². The van der Waals surface area contributed by atoms with Crippen molar-refractivity contribution in [3.63, 3.8) is 0 Å². The van der Waals surface area contributed by atoms with Crippen LogP contribution >= 0.6 is 0 Å². The van der Waals surface area contributed by atoms with Gasteiger partial charge in [-0.1, -0.05) is 5.92 Å². The molecule has 3 heterocycles. The monoisotopic (exact) mass is 262 g/mol. The van der Waals surface area contributed by atoms with Gasteiger partial charge in [0, 0.05) is 12.6 Å². The molecule has 0 bridgehead atoms. The van der Waals surface area contributed by atoms with Crippen LogP contribution in [-0.4, -0.2) is 31.8 Å². The highest BCUT2D eigenvalue weighted by atomic mass is 19.1. The Morgan fingerprint density at radius 1 is 1.58 bits per heavy atom. The minimum atomic E-state index is -0.783. The van der Waals surface area contributed by atoms with E-state index in [1.54, 1.807) is 0 Å². The van der Waals surface area contributed by atoms with Crippen molar-refractivity contribution in [2.75, 3.05) is 5.73 Å². The first-order chi connectivity index (χ1) is 9.11. The fourth-order valence-electron chi connectivity index (χ4n) is 2.26. The third kappa shape index (κ3) is 1.73. The quantitative estimate of drug-likeness (QED) is 0.728. The lowest BCUT2D eigenvalue weighted by Gasteiger charge is -2.12. The van der Waals surface area contributed by atoms with Crippen molar-refractivity contribution in [3.8, 4) is 12.3 Å². The molecule has 2 aromatic heterocycles. The van der Waals surface area contributed by atoms with Gasteiger partial charge in [0.2, 0.25) is 0 Å². The van der Waals surface area contributed by atoms with E-state index >= 15 is 0 Å². The third-order valence-corrected chi connectivity index (χ3v) is 3.16. The van der Waals surface area contributed by atoms with Crippen molar-refractivity contribution in [1.29, 1.82) is 0 Å². The van der Waals surface area contributed by atoms with Crippen LogP contribution < -0.4 is 5.73 Å². The van der Waals surface area contributed by atoms with E-state index in [-0.39, 0.29) is 17.6 Å². The molecule has 98 valence electrons. The highest BCUT2D eigenvalue weighted by molar-refractivity contribution is 5.86. The van der Waals surface area contributed by atoms with Crippen molar-refractivity contribution < 1.29 is 14.2 Å². The second-order valence-electron chi connectivity index (χ2n) is 4.32. The van der Waals surface area contributed by atoms with Crippen molar-refractivity contribution in [2.45, 2.75) is 24.9 Å². The van der Waals surface area contributed by atoms with Crippen LogP contribution in [0.4, 0.5) is 10.2 Å². The van der Waals surface area contributed by atoms with Gasteiger partial charge in [-0.15, -0.1) is 6.42 Å². The zero-order chi connectivity index (χ0) is 13.6. The van der Waals surface area contributed by atoms with Crippen molar-refractivity contribution >= 4 is 16.9 Å². The number of nitrogens with zero attached hydrogens (tertiary/aromatic N) is 3. The van der Waals surface area contributed by atoms with Crippen LogP contribution in [0.1, 0.15) is 12.6 Å². The van der Waals surface area contributed by atoms with Gasteiger partial charge in [0.25, 0.3) is 0 Å². The fourth-order valence-corrected chi connectivity index (χ4v) is 2.26. The zero-order valence-electron chi connectivity index (χ0n) is 9.82. The molecule has 3 unspecified atom stereocenters. The number of terminal acetylenes is 1. The minimum absolute atomic E-state index is 0.0632. The molecule has 3 N–H and O–H groups in total. The van der Waals surface area contributed by atoms with Gasteiger partial charge in [-0.25, -0.2) is 14.4 Å². The highest BCUT2D eigenvalue weighted by Gasteiger charge is 2.35. The SMILES string of the molecule is C#CC1OC(n2cc(F)c3c(N)ncnc32)CC1O. The molecule has 1 aliphatic rings. The number of anilines is 1. The summed E-state index contributed by atoms with van der Waals surface area (Å²) in [6.45, 7) is 0. The number of hydrogen-bond donors (Lipinski definition) is 2. The Hall–Kier alpha value is -2.17. The molecule has 1 saturated heterocycles. The largest absolute Gasteiger partial charge is 0.389 e. The molecule has 2 aromatic rings. The van der Waals surface area contributed by atoms with Gasteiger partial charge in [0.05, 0.1) is 11.5 Å². The number of aromatic nitrogens is 3. The molecule has 0 aliphatic carbocycles. The summed E-state index contributed by atoms with van der Waals surface area (Å²) in [5.74, 6) is 1.87. The summed E-state index contributed by atoms with van der Waals surface area (Å²) in [5, 5.41) is 9.87. The molecule has 0 saturated carbocycles. The molecule has 1 fully saturated rings. The zero-order valence-corrected chi connectivity index (χ0v) is 9.82. The number of rotatable bonds is 1. The standard InChI is InChI=1S/C12H11FN4O2/c1-2-8-7(18)3-9(19-8)17-4-6(13)10-11(14)15-5-16-12(10)17/h1,4-5,7-9,18H,3H2,(H2,14,15,16). The number of ether oxygens (including phenoxy) is 1. The number of halogens is 1. The van der Waals surface area contributed by atoms with Gasteiger partial charge in [-0.2, -0.15) is 0 Å². The molecule has 0 spiro atoms. The predicted octanol–water partition coefficient (Wildman–Crippen LogP) is 0.434. The second kappa shape index (κ2) is 4.19. The lowest BCUT2D eigenvalue weighted by molar-refractivity contribution is 0.0141. The summed E-state index contributed by atoms with van der Waals surface area (Å²) in [6, 6.07) is 0. The van der Waals surface area contributed by atoms with E-state index in [4.69, 9.17) is 16.9 Å². The van der Waals surface area contributed by atoms with Crippen LogP contribution in [0.3, 0.4) is 0 Å². The maximum Gasteiger partial charge on any atom is 0.154 e. The van der Waals surface area contributed by atoms with Crippen LogP contribution in [-0.2, 0) is 4.74 Å². The summed E-state index contributed by atoms with van der Waals surface area (Å²) in [5.41, 5.74) is 5.94. The topological polar surface area (TPSA) is 86.2 Å². The average Bonchev–Trinajstić information content (AvgIpc) is 2.91. The maximum absolute atomic E-state index is 13.9. The maximum atomic E-state index is 13.9. The molecule has 7 heteroatoms. The number of hydrogen-bond acceptors (Lipinski definition) is 5. The summed E-state index contributed by atoms with van der Waals surface area (Å²) in [4.78, 5) is 7.75. The average molecular weight is 262 g/mol. The first-order valence-electron chi connectivity index (χ1n) is 5.68. The van der Waals surface area contributed by atoms with E-state index in [1.165, 1.54) is 17.1 Å². The van der Waals surface area contributed by atoms with Gasteiger partial charge < -0.3 is 20.1 Å². The van der Waals surface area contributed by atoms with E-state index < -0.39 is 24.3 Å². The number of nitrogens with two attached hydrogens (primary N) is 1. The Balaban J connectivity index is 2.08. The van der Waals surface area contributed by atoms with Crippen LogP contribution in [0, 0.1) is 18.2 Å². The van der Waals surface area contributed by atoms with Gasteiger partial charge in [0.1, 0.15) is 24.5 Å². The Morgan fingerprint density at radius 3 is 3.05 bits per heavy atom. The minimum Gasteiger partial charge on any atom is -0.389 e. The molecular formula is C12H11FN4O2. The lowest BCUT2D eigenvalue weighted by Crippen LogP contribution is -2.17. The second-order valence-corrected chi connectivity index (χ2v) is 4.32. The highest BCUT2D eigenvalue weighted by Crippen LogP contribution is 2.33. The van der Waals surface area contributed by atoms with Crippen LogP contribution in [0.15, 0.2) is 12.5 Å².